The van der Waals surface area contributed by atoms with Crippen molar-refractivity contribution in [2.45, 2.75) is 26.7 Å². The molecule has 0 aliphatic carbocycles. The molecule has 1 unspecified atom stereocenters. The van der Waals surface area contributed by atoms with Gasteiger partial charge in [0.1, 0.15) is 0 Å². The highest BCUT2D eigenvalue weighted by Gasteiger charge is 2.34. The predicted molar refractivity (Wildman–Crippen MR) is 116 cm³/mol. The number of aryl methyl sites for hydroxylation is 2. The Morgan fingerprint density at radius 2 is 1.83 bits per heavy atom. The minimum Gasteiger partial charge on any atom is -0.376 e. The third-order valence-electron chi connectivity index (χ3n) is 5.24. The first-order valence-corrected chi connectivity index (χ1v) is 10.1. The Morgan fingerprint density at radius 3 is 2.57 bits per heavy atom. The molecule has 1 saturated heterocycles. The third-order valence-corrected chi connectivity index (χ3v) is 5.24. The van der Waals surface area contributed by atoms with Crippen molar-refractivity contribution in [1.29, 1.82) is 0 Å². The third kappa shape index (κ3) is 5.83. The number of hydrogen-bond donors (Lipinski definition) is 3. The van der Waals surface area contributed by atoms with Crippen LogP contribution in [0.25, 0.3) is 0 Å². The van der Waals surface area contributed by atoms with Gasteiger partial charge in [0, 0.05) is 25.2 Å². The van der Waals surface area contributed by atoms with Crippen molar-refractivity contribution in [2.75, 3.05) is 25.0 Å². The molecule has 1 atom stereocenters. The van der Waals surface area contributed by atoms with E-state index in [0.717, 1.165) is 28.8 Å². The van der Waals surface area contributed by atoms with Crippen molar-refractivity contribution < 1.29 is 14.4 Å². The van der Waals surface area contributed by atoms with Crippen LogP contribution in [0.2, 0.25) is 0 Å². The van der Waals surface area contributed by atoms with Gasteiger partial charge in [-0.25, -0.2) is 0 Å². The number of anilines is 1. The minimum absolute atomic E-state index is 0.0334. The molecule has 0 radical (unpaired) electrons. The van der Waals surface area contributed by atoms with Crippen LogP contribution in [-0.4, -0.2) is 42.3 Å². The fourth-order valence-electron chi connectivity index (χ4n) is 3.54. The normalized spacial score (nSPS) is 15.7. The SMILES string of the molecule is Cc1ccc(NCC(=O)NNC(=O)C2CC(=O)N(CCc3ccccc3)C2)c(C)c1. The molecule has 30 heavy (non-hydrogen) atoms. The number of hydrogen-bond acceptors (Lipinski definition) is 4. The van der Waals surface area contributed by atoms with Gasteiger partial charge < -0.3 is 10.2 Å². The van der Waals surface area contributed by atoms with Gasteiger partial charge in [0.2, 0.25) is 11.8 Å². The van der Waals surface area contributed by atoms with E-state index in [-0.39, 0.29) is 30.7 Å². The van der Waals surface area contributed by atoms with Crippen LogP contribution in [0.15, 0.2) is 48.5 Å². The summed E-state index contributed by atoms with van der Waals surface area (Å²) in [7, 11) is 0. The molecule has 158 valence electrons. The van der Waals surface area contributed by atoms with E-state index in [0.29, 0.717) is 13.1 Å². The van der Waals surface area contributed by atoms with Crippen molar-refractivity contribution >= 4 is 23.4 Å². The van der Waals surface area contributed by atoms with E-state index in [2.05, 4.69) is 16.2 Å². The summed E-state index contributed by atoms with van der Waals surface area (Å²) in [5.74, 6) is -1.19. The first kappa shape index (κ1) is 21.4. The zero-order chi connectivity index (χ0) is 21.5. The lowest BCUT2D eigenvalue weighted by atomic mass is 10.1. The Balaban J connectivity index is 1.40. The Labute approximate surface area is 176 Å². The van der Waals surface area contributed by atoms with Crippen molar-refractivity contribution in [3.05, 3.63) is 65.2 Å². The van der Waals surface area contributed by atoms with E-state index < -0.39 is 5.92 Å². The van der Waals surface area contributed by atoms with Crippen LogP contribution in [-0.2, 0) is 20.8 Å². The lowest BCUT2D eigenvalue weighted by Crippen LogP contribution is -2.47. The van der Waals surface area contributed by atoms with Gasteiger partial charge >= 0.3 is 0 Å². The summed E-state index contributed by atoms with van der Waals surface area (Å²) in [6, 6.07) is 15.8. The van der Waals surface area contributed by atoms with Gasteiger partial charge in [-0.2, -0.15) is 0 Å². The molecule has 2 aromatic rings. The summed E-state index contributed by atoms with van der Waals surface area (Å²) >= 11 is 0. The van der Waals surface area contributed by atoms with Crippen molar-refractivity contribution in [1.82, 2.24) is 15.8 Å². The molecule has 7 nitrogen and oxygen atoms in total. The first-order valence-electron chi connectivity index (χ1n) is 10.1. The van der Waals surface area contributed by atoms with Gasteiger partial charge in [0.25, 0.3) is 5.91 Å². The molecule has 0 bridgehead atoms. The summed E-state index contributed by atoms with van der Waals surface area (Å²) in [6.07, 6.45) is 0.916. The molecule has 2 aromatic carbocycles. The van der Waals surface area contributed by atoms with E-state index in [1.165, 1.54) is 0 Å². The standard InChI is InChI=1S/C23H28N4O3/c1-16-8-9-20(17(2)12-16)24-14-21(28)25-26-23(30)19-13-22(29)27(15-19)11-10-18-6-4-3-5-7-18/h3-9,12,19,24H,10-11,13-15H2,1-2H3,(H,25,28)(H,26,30). The summed E-state index contributed by atoms with van der Waals surface area (Å²) < 4.78 is 0. The lowest BCUT2D eigenvalue weighted by molar-refractivity contribution is -0.131. The van der Waals surface area contributed by atoms with Crippen molar-refractivity contribution in [2.24, 2.45) is 5.92 Å². The topological polar surface area (TPSA) is 90.5 Å². The molecule has 3 rings (SSSR count). The smallest absolute Gasteiger partial charge is 0.257 e. The molecule has 0 aromatic heterocycles. The summed E-state index contributed by atoms with van der Waals surface area (Å²) in [6.45, 7) is 4.97. The first-order chi connectivity index (χ1) is 14.4. The van der Waals surface area contributed by atoms with Gasteiger partial charge in [0.05, 0.1) is 12.5 Å². The molecule has 3 amide bonds. The van der Waals surface area contributed by atoms with Gasteiger partial charge in [0.15, 0.2) is 0 Å². The highest BCUT2D eigenvalue weighted by Crippen LogP contribution is 2.18. The number of nitrogens with zero attached hydrogens (tertiary/aromatic N) is 1. The zero-order valence-corrected chi connectivity index (χ0v) is 17.4. The average molecular weight is 409 g/mol. The van der Waals surface area contributed by atoms with Gasteiger partial charge in [-0.15, -0.1) is 0 Å². The average Bonchev–Trinajstić information content (AvgIpc) is 3.11. The maximum absolute atomic E-state index is 12.4. The Morgan fingerprint density at radius 1 is 1.07 bits per heavy atom. The van der Waals surface area contributed by atoms with E-state index in [1.807, 2.05) is 62.4 Å². The number of carbonyl (C=O) groups excluding carboxylic acids is 3. The molecule has 1 heterocycles. The fraction of sp³-hybridized carbons (Fsp3) is 0.348. The van der Waals surface area contributed by atoms with E-state index in [1.54, 1.807) is 4.90 Å². The number of hydrazine groups is 1. The number of likely N-dealkylation sites (tertiary alicyclic amines) is 1. The van der Waals surface area contributed by atoms with Crippen LogP contribution < -0.4 is 16.2 Å². The largest absolute Gasteiger partial charge is 0.376 e. The quantitative estimate of drug-likeness (QED) is 0.611. The van der Waals surface area contributed by atoms with E-state index in [9.17, 15) is 14.4 Å². The van der Waals surface area contributed by atoms with E-state index in [4.69, 9.17) is 0 Å². The number of carbonyl (C=O) groups is 3. The molecule has 7 heteroatoms. The molecule has 0 saturated carbocycles. The Kier molecular flexibility index (Phi) is 7.06. The molecule has 1 fully saturated rings. The Bertz CT molecular complexity index is 914. The van der Waals surface area contributed by atoms with Crippen molar-refractivity contribution in [3.8, 4) is 0 Å². The molecule has 0 spiro atoms. The maximum atomic E-state index is 12.4. The molecular formula is C23H28N4O3. The second-order valence-corrected chi connectivity index (χ2v) is 7.69. The Hall–Kier alpha value is -3.35. The van der Waals surface area contributed by atoms with Gasteiger partial charge in [-0.3, -0.25) is 25.2 Å². The van der Waals surface area contributed by atoms with Crippen molar-refractivity contribution in [3.63, 3.8) is 0 Å². The molecular weight excluding hydrogens is 380 g/mol. The maximum Gasteiger partial charge on any atom is 0.257 e. The second-order valence-electron chi connectivity index (χ2n) is 7.69. The highest BCUT2D eigenvalue weighted by molar-refractivity contribution is 5.90. The number of rotatable bonds is 7. The van der Waals surface area contributed by atoms with Crippen LogP contribution in [0, 0.1) is 19.8 Å². The van der Waals surface area contributed by atoms with Gasteiger partial charge in [-0.05, 0) is 37.5 Å². The number of amides is 3. The number of benzene rings is 2. The number of nitrogens with one attached hydrogen (secondary N) is 3. The van der Waals surface area contributed by atoms with Crippen LogP contribution >= 0.6 is 0 Å². The highest BCUT2D eigenvalue weighted by atomic mass is 16.2. The molecule has 1 aliphatic heterocycles. The summed E-state index contributed by atoms with van der Waals surface area (Å²) in [5, 5.41) is 3.05. The summed E-state index contributed by atoms with van der Waals surface area (Å²) in [4.78, 5) is 38.3. The lowest BCUT2D eigenvalue weighted by Gasteiger charge is -2.17. The second kappa shape index (κ2) is 9.91. The molecule has 1 aliphatic rings. The minimum atomic E-state index is -0.458. The van der Waals surface area contributed by atoms with Crippen LogP contribution in [0.1, 0.15) is 23.1 Å². The fourth-order valence-corrected chi connectivity index (χ4v) is 3.54. The van der Waals surface area contributed by atoms with Gasteiger partial charge in [-0.1, -0.05) is 48.0 Å². The van der Waals surface area contributed by atoms with E-state index >= 15 is 0 Å². The van der Waals surface area contributed by atoms with Crippen LogP contribution in [0.3, 0.4) is 0 Å². The molecule has 3 N–H and O–H groups in total. The predicted octanol–water partition coefficient (Wildman–Crippen LogP) is 1.95. The monoisotopic (exact) mass is 408 g/mol. The van der Waals surface area contributed by atoms with Crippen LogP contribution in [0.5, 0.6) is 0 Å². The zero-order valence-electron chi connectivity index (χ0n) is 17.4. The summed E-state index contributed by atoms with van der Waals surface area (Å²) in [5.41, 5.74) is 9.09. The van der Waals surface area contributed by atoms with Crippen LogP contribution in [0.4, 0.5) is 5.69 Å².